The maximum Gasteiger partial charge on any atom is 0.336 e. The molecule has 0 saturated heterocycles. The van der Waals surface area contributed by atoms with E-state index in [1.807, 2.05) is 0 Å². The summed E-state index contributed by atoms with van der Waals surface area (Å²) in [5, 5.41) is 12.3. The Morgan fingerprint density at radius 3 is 2.75 bits per heavy atom. The van der Waals surface area contributed by atoms with Gasteiger partial charge in [-0.2, -0.15) is 0 Å². The molecule has 188 valence electrons. The molecule has 1 amide bonds. The fourth-order valence-electron chi connectivity index (χ4n) is 4.25. The number of H-pyrrole nitrogens is 1. The summed E-state index contributed by atoms with van der Waals surface area (Å²) in [7, 11) is 1.38. The van der Waals surface area contributed by atoms with Crippen LogP contribution in [0.15, 0.2) is 48.6 Å². The number of nitrogens with zero attached hydrogens (tertiary/aromatic N) is 1. The summed E-state index contributed by atoms with van der Waals surface area (Å²) in [5.74, 6) is -1.67. The minimum atomic E-state index is -1.17. The summed E-state index contributed by atoms with van der Waals surface area (Å²) in [6.07, 6.45) is 6.15. The van der Waals surface area contributed by atoms with Gasteiger partial charge in [-0.15, -0.1) is 11.6 Å². The van der Waals surface area contributed by atoms with Crippen LogP contribution in [-0.4, -0.2) is 46.0 Å². The molecule has 2 aromatic carbocycles. The number of amides is 1. The first-order valence-electron chi connectivity index (χ1n) is 11.6. The third kappa shape index (κ3) is 5.14. The molecule has 3 N–H and O–H groups in total. The number of aromatic amines is 1. The normalized spacial score (nSPS) is 17.3. The number of carboxylic acid groups (broad SMARTS) is 1. The zero-order valence-corrected chi connectivity index (χ0v) is 20.9. The molecule has 0 spiro atoms. The highest BCUT2D eigenvalue weighted by atomic mass is 35.5. The van der Waals surface area contributed by atoms with E-state index in [0.717, 1.165) is 6.42 Å². The molecule has 4 rings (SSSR count). The Labute approximate surface area is 213 Å². The van der Waals surface area contributed by atoms with Gasteiger partial charge in [-0.05, 0) is 30.0 Å². The summed E-state index contributed by atoms with van der Waals surface area (Å²) in [5.41, 5.74) is 2.29. The highest BCUT2D eigenvalue weighted by Crippen LogP contribution is 2.41. The number of fused-ring (bicyclic) bond motifs is 1. The topological polar surface area (TPSA) is 104 Å². The van der Waals surface area contributed by atoms with Crippen molar-refractivity contribution in [3.05, 3.63) is 76.9 Å². The Morgan fingerprint density at radius 2 is 2.06 bits per heavy atom. The van der Waals surface area contributed by atoms with Crippen molar-refractivity contribution in [1.82, 2.24) is 15.3 Å². The third-order valence-corrected chi connectivity index (χ3v) is 6.54. The second-order valence-corrected chi connectivity index (χ2v) is 9.57. The van der Waals surface area contributed by atoms with Crippen LogP contribution in [-0.2, 0) is 0 Å². The van der Waals surface area contributed by atoms with Crippen LogP contribution in [0.25, 0.3) is 16.6 Å². The lowest BCUT2D eigenvalue weighted by molar-refractivity contribution is 0.0695. The lowest BCUT2D eigenvalue weighted by atomic mass is 9.81. The molecule has 0 radical (unpaired) electrons. The number of alkyl halides is 1. The first-order valence-corrected chi connectivity index (χ1v) is 12.0. The average molecular weight is 512 g/mol. The van der Waals surface area contributed by atoms with E-state index >= 15 is 0 Å². The second-order valence-electron chi connectivity index (χ2n) is 9.06. The largest absolute Gasteiger partial charge is 0.494 e. The molecule has 0 saturated carbocycles. The highest BCUT2D eigenvalue weighted by Gasteiger charge is 2.32. The van der Waals surface area contributed by atoms with E-state index in [-0.39, 0.29) is 22.8 Å². The molecule has 1 aromatic heterocycles. The van der Waals surface area contributed by atoms with Gasteiger partial charge in [0.05, 0.1) is 29.1 Å². The molecule has 7 nitrogen and oxygen atoms in total. The van der Waals surface area contributed by atoms with Gasteiger partial charge in [0.25, 0.3) is 5.91 Å². The standard InChI is InChI=1S/C27H27ClFN3O4/c1-14(2)9-10-30-26(33)15-7-8-16(18(11-15)27(34)35)24-17(5-4-6-19(24)28)25-31-21-12-20(29)23(36-3)13-22(21)32-25/h4-8,11-14,19,24H,9-10H2,1-3H3,(H,30,33)(H,31,32)(H,34,35)/t19-,24?/m0/s1. The van der Waals surface area contributed by atoms with Crippen LogP contribution in [0.1, 0.15) is 58.3 Å². The molecule has 9 heteroatoms. The van der Waals surface area contributed by atoms with E-state index < -0.39 is 23.1 Å². The molecular weight excluding hydrogens is 485 g/mol. The smallest absolute Gasteiger partial charge is 0.336 e. The monoisotopic (exact) mass is 511 g/mol. The van der Waals surface area contributed by atoms with E-state index in [9.17, 15) is 19.1 Å². The van der Waals surface area contributed by atoms with Crippen molar-refractivity contribution >= 4 is 40.1 Å². The molecule has 1 aliphatic carbocycles. The third-order valence-electron chi connectivity index (χ3n) is 6.14. The number of hydrogen-bond donors (Lipinski definition) is 3. The fraction of sp³-hybridized carbons (Fsp3) is 0.296. The van der Waals surface area contributed by atoms with Crippen LogP contribution in [0.5, 0.6) is 5.75 Å². The van der Waals surface area contributed by atoms with E-state index in [0.29, 0.717) is 40.5 Å². The lowest BCUT2D eigenvalue weighted by Gasteiger charge is -2.26. The van der Waals surface area contributed by atoms with Gasteiger partial charge in [0, 0.05) is 35.7 Å². The van der Waals surface area contributed by atoms with Crippen LogP contribution in [0.2, 0.25) is 0 Å². The van der Waals surface area contributed by atoms with Crippen molar-refractivity contribution in [2.75, 3.05) is 13.7 Å². The molecule has 2 atom stereocenters. The molecule has 1 aliphatic rings. The number of ether oxygens (including phenoxy) is 1. The van der Waals surface area contributed by atoms with Crippen molar-refractivity contribution in [3.8, 4) is 5.75 Å². The summed E-state index contributed by atoms with van der Waals surface area (Å²) >= 11 is 6.69. The quantitative estimate of drug-likeness (QED) is 0.345. The fourth-order valence-corrected chi connectivity index (χ4v) is 4.61. The molecule has 0 aliphatic heterocycles. The van der Waals surface area contributed by atoms with Gasteiger partial charge >= 0.3 is 5.97 Å². The van der Waals surface area contributed by atoms with Gasteiger partial charge in [0.2, 0.25) is 0 Å². The number of carbonyl (C=O) groups is 2. The number of aromatic carboxylic acids is 1. The van der Waals surface area contributed by atoms with Crippen LogP contribution >= 0.6 is 11.6 Å². The van der Waals surface area contributed by atoms with Gasteiger partial charge in [-0.25, -0.2) is 14.2 Å². The van der Waals surface area contributed by atoms with Crippen LogP contribution in [0.3, 0.4) is 0 Å². The molecule has 36 heavy (non-hydrogen) atoms. The Kier molecular flexibility index (Phi) is 7.45. The number of imidazole rings is 1. The summed E-state index contributed by atoms with van der Waals surface area (Å²) < 4.78 is 19.3. The summed E-state index contributed by atoms with van der Waals surface area (Å²) in [6.45, 7) is 4.62. The van der Waals surface area contributed by atoms with Crippen LogP contribution in [0.4, 0.5) is 4.39 Å². The molecular formula is C27H27ClFN3O4. The molecule has 1 unspecified atom stereocenters. The zero-order chi connectivity index (χ0) is 26.0. The van der Waals surface area contributed by atoms with Crippen molar-refractivity contribution in [1.29, 1.82) is 0 Å². The van der Waals surface area contributed by atoms with Gasteiger partial charge in [-0.1, -0.05) is 38.1 Å². The van der Waals surface area contributed by atoms with Crippen molar-refractivity contribution in [2.24, 2.45) is 5.92 Å². The molecule has 1 heterocycles. The van der Waals surface area contributed by atoms with E-state index in [4.69, 9.17) is 16.3 Å². The van der Waals surface area contributed by atoms with Gasteiger partial charge in [-0.3, -0.25) is 4.79 Å². The predicted octanol–water partition coefficient (Wildman–Crippen LogP) is 5.53. The van der Waals surface area contributed by atoms with Gasteiger partial charge < -0.3 is 20.1 Å². The van der Waals surface area contributed by atoms with Crippen molar-refractivity contribution < 1.29 is 23.8 Å². The van der Waals surface area contributed by atoms with Crippen molar-refractivity contribution in [3.63, 3.8) is 0 Å². The number of aromatic nitrogens is 2. The average Bonchev–Trinajstić information content (AvgIpc) is 3.25. The van der Waals surface area contributed by atoms with Crippen LogP contribution in [0, 0.1) is 11.7 Å². The predicted molar refractivity (Wildman–Crippen MR) is 137 cm³/mol. The van der Waals surface area contributed by atoms with E-state index in [2.05, 4.69) is 29.1 Å². The Hall–Kier alpha value is -3.65. The van der Waals surface area contributed by atoms with E-state index in [1.165, 1.54) is 25.3 Å². The summed E-state index contributed by atoms with van der Waals surface area (Å²) in [4.78, 5) is 32.6. The second kappa shape index (κ2) is 10.5. The highest BCUT2D eigenvalue weighted by molar-refractivity contribution is 6.23. The number of methoxy groups -OCH3 is 1. The number of carbonyl (C=O) groups excluding carboxylic acids is 1. The number of allylic oxidation sites excluding steroid dienone is 4. The first kappa shape index (κ1) is 25.4. The Balaban J connectivity index is 1.72. The number of rotatable bonds is 8. The van der Waals surface area contributed by atoms with Crippen molar-refractivity contribution in [2.45, 2.75) is 31.6 Å². The SMILES string of the molecule is COc1cc2nc(C3=CC=C[C@H](Cl)C3c3ccc(C(=O)NCCC(C)C)cc3C(=O)O)[nH]c2cc1F. The minimum Gasteiger partial charge on any atom is -0.494 e. The summed E-state index contributed by atoms with van der Waals surface area (Å²) in [6, 6.07) is 7.39. The number of nitrogens with one attached hydrogen (secondary N) is 2. The molecule has 0 bridgehead atoms. The number of halogens is 2. The molecule has 3 aromatic rings. The van der Waals surface area contributed by atoms with Crippen LogP contribution < -0.4 is 10.1 Å². The Morgan fingerprint density at radius 1 is 1.28 bits per heavy atom. The first-order chi connectivity index (χ1) is 17.2. The molecule has 0 fully saturated rings. The van der Waals surface area contributed by atoms with Gasteiger partial charge in [0.15, 0.2) is 11.6 Å². The van der Waals surface area contributed by atoms with E-state index in [1.54, 1.807) is 30.4 Å². The Bertz CT molecular complexity index is 1380. The lowest BCUT2D eigenvalue weighted by Crippen LogP contribution is -2.26. The minimum absolute atomic E-state index is 0.0211. The number of benzene rings is 2. The zero-order valence-electron chi connectivity index (χ0n) is 20.1. The van der Waals surface area contributed by atoms with Gasteiger partial charge in [0.1, 0.15) is 5.82 Å². The number of hydrogen-bond acceptors (Lipinski definition) is 4. The number of carboxylic acids is 1. The maximum atomic E-state index is 14.2. The maximum absolute atomic E-state index is 14.2.